The van der Waals surface area contributed by atoms with Crippen molar-refractivity contribution >= 4 is 5.91 Å². The van der Waals surface area contributed by atoms with Crippen molar-refractivity contribution < 1.29 is 18.0 Å². The van der Waals surface area contributed by atoms with E-state index < -0.39 is 18.1 Å². The van der Waals surface area contributed by atoms with E-state index >= 15 is 0 Å². The molecule has 0 spiro atoms. The molecule has 0 aliphatic heterocycles. The standard InChI is InChI=1S/C12H13F3N2O/c1-2-6-10(9-7-4-3-5-8-9)16-17-11(18)12(13,14)15/h2-5,7-8,10,16H,1,6H2,(H,17,18)/t10-/m0/s1. The molecular weight excluding hydrogens is 245 g/mol. The van der Waals surface area contributed by atoms with Crippen LogP contribution in [0.4, 0.5) is 13.2 Å². The molecule has 0 aliphatic carbocycles. The number of carbonyl (C=O) groups excluding carboxylic acids is 1. The van der Waals surface area contributed by atoms with Crippen molar-refractivity contribution in [3.05, 3.63) is 48.6 Å². The summed E-state index contributed by atoms with van der Waals surface area (Å²) in [5.74, 6) is -2.02. The molecule has 0 saturated heterocycles. The molecule has 1 aromatic rings. The molecule has 1 aromatic carbocycles. The van der Waals surface area contributed by atoms with Gasteiger partial charge in [0.25, 0.3) is 0 Å². The number of hydrogen-bond donors (Lipinski definition) is 2. The highest BCUT2D eigenvalue weighted by molar-refractivity contribution is 5.81. The summed E-state index contributed by atoms with van der Waals surface area (Å²) in [6, 6.07) is 8.37. The normalized spacial score (nSPS) is 12.8. The van der Waals surface area contributed by atoms with Gasteiger partial charge in [-0.15, -0.1) is 6.58 Å². The predicted octanol–water partition coefficient (Wildman–Crippen LogP) is 2.49. The summed E-state index contributed by atoms with van der Waals surface area (Å²) in [6.07, 6.45) is -2.95. The van der Waals surface area contributed by atoms with Gasteiger partial charge in [0.1, 0.15) is 0 Å². The maximum Gasteiger partial charge on any atom is 0.472 e. The van der Waals surface area contributed by atoms with E-state index in [1.54, 1.807) is 41.8 Å². The number of amides is 1. The van der Waals surface area contributed by atoms with Gasteiger partial charge in [-0.25, -0.2) is 5.43 Å². The second-order valence-electron chi connectivity index (χ2n) is 3.58. The fraction of sp³-hybridized carbons (Fsp3) is 0.250. The maximum absolute atomic E-state index is 12.0. The zero-order valence-corrected chi connectivity index (χ0v) is 9.50. The van der Waals surface area contributed by atoms with Crippen LogP contribution in [-0.2, 0) is 4.79 Å². The molecule has 6 heteroatoms. The molecule has 1 rings (SSSR count). The first-order chi connectivity index (χ1) is 8.45. The van der Waals surface area contributed by atoms with Gasteiger partial charge >= 0.3 is 12.1 Å². The summed E-state index contributed by atoms with van der Waals surface area (Å²) in [5, 5.41) is 0. The van der Waals surface area contributed by atoms with Crippen LogP contribution in [0.1, 0.15) is 18.0 Å². The molecule has 3 nitrogen and oxygen atoms in total. The lowest BCUT2D eigenvalue weighted by molar-refractivity contribution is -0.175. The second kappa shape index (κ2) is 6.20. The Morgan fingerprint density at radius 2 is 1.94 bits per heavy atom. The van der Waals surface area contributed by atoms with Crippen molar-refractivity contribution in [2.24, 2.45) is 0 Å². The SMILES string of the molecule is C=CC[C@H](NNC(=O)C(F)(F)F)c1ccccc1. The molecule has 0 bridgehead atoms. The van der Waals surface area contributed by atoms with Crippen molar-refractivity contribution in [1.29, 1.82) is 0 Å². The molecule has 0 fully saturated rings. The van der Waals surface area contributed by atoms with Crippen LogP contribution in [0.25, 0.3) is 0 Å². The van der Waals surface area contributed by atoms with Gasteiger partial charge in [-0.05, 0) is 12.0 Å². The third kappa shape index (κ3) is 4.21. The predicted molar refractivity (Wildman–Crippen MR) is 61.3 cm³/mol. The third-order valence-electron chi connectivity index (χ3n) is 2.22. The summed E-state index contributed by atoms with van der Waals surface area (Å²) in [6.45, 7) is 3.53. The van der Waals surface area contributed by atoms with Gasteiger partial charge in [-0.3, -0.25) is 10.2 Å². The topological polar surface area (TPSA) is 41.1 Å². The van der Waals surface area contributed by atoms with E-state index in [1.807, 2.05) is 0 Å². The molecule has 1 amide bonds. The lowest BCUT2D eigenvalue weighted by atomic mass is 10.0. The third-order valence-corrected chi connectivity index (χ3v) is 2.22. The summed E-state index contributed by atoms with van der Waals surface area (Å²) < 4.78 is 36.0. The van der Waals surface area contributed by atoms with Crippen molar-refractivity contribution in [3.8, 4) is 0 Å². The number of nitrogens with one attached hydrogen (secondary N) is 2. The molecular formula is C12H13F3N2O. The number of hydrazine groups is 1. The van der Waals surface area contributed by atoms with Crippen LogP contribution >= 0.6 is 0 Å². The average molecular weight is 258 g/mol. The number of carbonyl (C=O) groups is 1. The molecule has 98 valence electrons. The van der Waals surface area contributed by atoms with E-state index in [2.05, 4.69) is 12.0 Å². The Morgan fingerprint density at radius 3 is 2.44 bits per heavy atom. The van der Waals surface area contributed by atoms with Crippen molar-refractivity contribution in [2.45, 2.75) is 18.6 Å². The first kappa shape index (κ1) is 14.2. The molecule has 0 saturated carbocycles. The molecule has 2 N–H and O–H groups in total. The van der Waals surface area contributed by atoms with Gasteiger partial charge in [0.15, 0.2) is 0 Å². The molecule has 0 aliphatic rings. The minimum absolute atomic E-state index is 0.391. The smallest absolute Gasteiger partial charge is 0.283 e. The molecule has 0 heterocycles. The number of halogens is 3. The van der Waals surface area contributed by atoms with Crippen LogP contribution in [0.5, 0.6) is 0 Å². The quantitative estimate of drug-likeness (QED) is 0.629. The van der Waals surface area contributed by atoms with Crippen molar-refractivity contribution in [3.63, 3.8) is 0 Å². The van der Waals surface area contributed by atoms with E-state index in [-0.39, 0.29) is 0 Å². The largest absolute Gasteiger partial charge is 0.472 e. The van der Waals surface area contributed by atoms with Crippen LogP contribution in [-0.4, -0.2) is 12.1 Å². The summed E-state index contributed by atoms with van der Waals surface area (Å²) in [7, 11) is 0. The van der Waals surface area contributed by atoms with Gasteiger partial charge in [0, 0.05) is 0 Å². The minimum Gasteiger partial charge on any atom is -0.283 e. The monoisotopic (exact) mass is 258 g/mol. The number of benzene rings is 1. The van der Waals surface area contributed by atoms with Crippen LogP contribution in [0, 0.1) is 0 Å². The van der Waals surface area contributed by atoms with Crippen molar-refractivity contribution in [2.75, 3.05) is 0 Å². The highest BCUT2D eigenvalue weighted by atomic mass is 19.4. The van der Waals surface area contributed by atoms with Gasteiger partial charge in [-0.2, -0.15) is 13.2 Å². The van der Waals surface area contributed by atoms with Crippen LogP contribution < -0.4 is 10.9 Å². The number of rotatable bonds is 5. The summed E-state index contributed by atoms with van der Waals surface area (Å²) in [5.41, 5.74) is 4.76. The van der Waals surface area contributed by atoms with Gasteiger partial charge in [0.2, 0.25) is 0 Å². The molecule has 0 radical (unpaired) electrons. The highest BCUT2D eigenvalue weighted by Crippen LogP contribution is 2.17. The second-order valence-corrected chi connectivity index (χ2v) is 3.58. The Kier molecular flexibility index (Phi) is 4.91. The maximum atomic E-state index is 12.0. The van der Waals surface area contributed by atoms with Crippen LogP contribution in [0.3, 0.4) is 0 Å². The summed E-state index contributed by atoms with van der Waals surface area (Å²) >= 11 is 0. The lowest BCUT2D eigenvalue weighted by Crippen LogP contribution is -2.46. The number of alkyl halides is 3. The average Bonchev–Trinajstić information content (AvgIpc) is 2.34. The summed E-state index contributed by atoms with van der Waals surface area (Å²) in [4.78, 5) is 10.7. The zero-order valence-electron chi connectivity index (χ0n) is 9.50. The highest BCUT2D eigenvalue weighted by Gasteiger charge is 2.38. The minimum atomic E-state index is -4.90. The Morgan fingerprint density at radius 1 is 1.33 bits per heavy atom. The number of hydrogen-bond acceptors (Lipinski definition) is 2. The molecule has 1 atom stereocenters. The van der Waals surface area contributed by atoms with E-state index in [0.717, 1.165) is 5.56 Å². The zero-order chi connectivity index (χ0) is 13.6. The Hall–Kier alpha value is -1.82. The molecule has 0 unspecified atom stereocenters. The van der Waals surface area contributed by atoms with E-state index in [0.29, 0.717) is 6.42 Å². The molecule has 0 aromatic heterocycles. The fourth-order valence-corrected chi connectivity index (χ4v) is 1.35. The van der Waals surface area contributed by atoms with E-state index in [1.165, 1.54) is 0 Å². The fourth-order valence-electron chi connectivity index (χ4n) is 1.35. The molecule has 18 heavy (non-hydrogen) atoms. The lowest BCUT2D eigenvalue weighted by Gasteiger charge is -2.18. The first-order valence-corrected chi connectivity index (χ1v) is 5.23. The van der Waals surface area contributed by atoms with Crippen LogP contribution in [0.2, 0.25) is 0 Å². The van der Waals surface area contributed by atoms with E-state index in [4.69, 9.17) is 0 Å². The van der Waals surface area contributed by atoms with Crippen LogP contribution in [0.15, 0.2) is 43.0 Å². The van der Waals surface area contributed by atoms with E-state index in [9.17, 15) is 18.0 Å². The first-order valence-electron chi connectivity index (χ1n) is 5.23. The Bertz CT molecular complexity index is 404. The van der Waals surface area contributed by atoms with Gasteiger partial charge in [0.05, 0.1) is 6.04 Å². The Balaban J connectivity index is 2.65. The van der Waals surface area contributed by atoms with Crippen molar-refractivity contribution in [1.82, 2.24) is 10.9 Å². The van der Waals surface area contributed by atoms with Gasteiger partial charge < -0.3 is 0 Å². The van der Waals surface area contributed by atoms with Gasteiger partial charge in [-0.1, -0.05) is 36.4 Å². The Labute approximate surface area is 103 Å².